The number of anilines is 1. The monoisotopic (exact) mass is 275 g/mol. The number of nitrogens with zero attached hydrogens (tertiary/aromatic N) is 1. The first-order valence-corrected chi connectivity index (χ1v) is 7.02. The molecule has 0 aromatic heterocycles. The van der Waals surface area contributed by atoms with Crippen LogP contribution in [0.1, 0.15) is 20.3 Å². The van der Waals surface area contributed by atoms with E-state index in [0.29, 0.717) is 13.0 Å². The number of hydrogen-bond donors (Lipinski definition) is 0. The molecule has 1 aromatic rings. The quantitative estimate of drug-likeness (QED) is 0.793. The van der Waals surface area contributed by atoms with Gasteiger partial charge in [0.2, 0.25) is 5.91 Å². The number of benzene rings is 1. The fourth-order valence-electron chi connectivity index (χ4n) is 2.65. The maximum absolute atomic E-state index is 12.4. The molecule has 1 aliphatic rings. The largest absolute Gasteiger partial charge is 0.360 e. The molecular formula is C16H21NO3. The fourth-order valence-corrected chi connectivity index (χ4v) is 2.65. The summed E-state index contributed by atoms with van der Waals surface area (Å²) in [5.74, 6) is 0.0757. The Balaban J connectivity index is 2.13. The summed E-state index contributed by atoms with van der Waals surface area (Å²) in [5, 5.41) is 0. The molecule has 0 saturated carbocycles. The van der Waals surface area contributed by atoms with Gasteiger partial charge in [0.1, 0.15) is 13.0 Å². The van der Waals surface area contributed by atoms with Crippen LogP contribution in [0.5, 0.6) is 0 Å². The average Bonchev–Trinajstić information content (AvgIpc) is 2.62. The van der Waals surface area contributed by atoms with E-state index in [4.69, 9.17) is 4.74 Å². The summed E-state index contributed by atoms with van der Waals surface area (Å²) in [6.07, 6.45) is 1.32. The molecule has 1 saturated heterocycles. The van der Waals surface area contributed by atoms with Crippen molar-refractivity contribution in [2.24, 2.45) is 17.8 Å². The third-order valence-corrected chi connectivity index (χ3v) is 3.83. The number of aldehydes is 1. The molecule has 2 atom stereocenters. The molecule has 1 aromatic carbocycles. The molecule has 0 bridgehead atoms. The second-order valence-corrected chi connectivity index (χ2v) is 5.58. The first-order valence-electron chi connectivity index (χ1n) is 7.02. The van der Waals surface area contributed by atoms with Crippen molar-refractivity contribution in [3.8, 4) is 0 Å². The molecule has 20 heavy (non-hydrogen) atoms. The number of amides is 1. The van der Waals surface area contributed by atoms with E-state index < -0.39 is 0 Å². The average molecular weight is 275 g/mol. The van der Waals surface area contributed by atoms with Crippen molar-refractivity contribution in [3.63, 3.8) is 0 Å². The lowest BCUT2D eigenvalue weighted by Gasteiger charge is -2.23. The Bertz CT molecular complexity index is 458. The molecule has 1 aliphatic heterocycles. The Hall–Kier alpha value is -1.68. The van der Waals surface area contributed by atoms with Crippen LogP contribution in [0.4, 0.5) is 5.69 Å². The molecule has 0 aliphatic carbocycles. The molecule has 4 nitrogen and oxygen atoms in total. The first-order chi connectivity index (χ1) is 9.63. The number of rotatable bonds is 4. The van der Waals surface area contributed by atoms with Gasteiger partial charge in [-0.25, -0.2) is 0 Å². The van der Waals surface area contributed by atoms with Crippen LogP contribution in [-0.4, -0.2) is 25.5 Å². The fraction of sp³-hybridized carbons (Fsp3) is 0.500. The van der Waals surface area contributed by atoms with Gasteiger partial charge in [-0.2, -0.15) is 0 Å². The molecule has 108 valence electrons. The molecule has 1 amide bonds. The Morgan fingerprint density at radius 2 is 2.00 bits per heavy atom. The zero-order chi connectivity index (χ0) is 14.5. The molecular weight excluding hydrogens is 254 g/mol. The lowest BCUT2D eigenvalue weighted by molar-refractivity contribution is -0.120. The van der Waals surface area contributed by atoms with Crippen molar-refractivity contribution in [3.05, 3.63) is 30.3 Å². The minimum atomic E-state index is -0.130. The summed E-state index contributed by atoms with van der Waals surface area (Å²) in [5.41, 5.74) is 0.838. The summed E-state index contributed by atoms with van der Waals surface area (Å²) in [4.78, 5) is 25.3. The second kappa shape index (κ2) is 6.66. The van der Waals surface area contributed by atoms with E-state index in [2.05, 4.69) is 0 Å². The number of ether oxygens (including phenoxy) is 1. The summed E-state index contributed by atoms with van der Waals surface area (Å²) in [6, 6.07) is 9.49. The van der Waals surface area contributed by atoms with Crippen LogP contribution in [0.2, 0.25) is 0 Å². The van der Waals surface area contributed by atoms with E-state index in [9.17, 15) is 9.59 Å². The number of hydrogen-bond acceptors (Lipinski definition) is 3. The molecule has 0 radical (unpaired) electrons. The summed E-state index contributed by atoms with van der Waals surface area (Å²) in [6.45, 7) is 4.71. The lowest BCUT2D eigenvalue weighted by atomic mass is 9.83. The van der Waals surface area contributed by atoms with Crippen molar-refractivity contribution in [1.29, 1.82) is 0 Å². The smallest absolute Gasteiger partial charge is 0.229 e. The second-order valence-electron chi connectivity index (χ2n) is 5.58. The van der Waals surface area contributed by atoms with E-state index in [-0.39, 0.29) is 30.4 Å². The Morgan fingerprint density at radius 1 is 1.30 bits per heavy atom. The normalized spacial score (nSPS) is 21.6. The molecule has 2 rings (SSSR count). The molecule has 0 spiro atoms. The van der Waals surface area contributed by atoms with Gasteiger partial charge in [0.15, 0.2) is 0 Å². The van der Waals surface area contributed by atoms with E-state index in [1.54, 1.807) is 4.90 Å². The maximum atomic E-state index is 12.4. The first kappa shape index (κ1) is 14.7. The highest BCUT2D eigenvalue weighted by atomic mass is 16.5. The Kier molecular flexibility index (Phi) is 4.90. The van der Waals surface area contributed by atoms with Gasteiger partial charge in [-0.1, -0.05) is 32.0 Å². The third kappa shape index (κ3) is 3.25. The van der Waals surface area contributed by atoms with Crippen LogP contribution in [-0.2, 0) is 14.3 Å². The molecule has 1 fully saturated rings. The summed E-state index contributed by atoms with van der Waals surface area (Å²) in [7, 11) is 0. The summed E-state index contributed by atoms with van der Waals surface area (Å²) < 4.78 is 5.62. The highest BCUT2D eigenvalue weighted by Gasteiger charge is 2.31. The van der Waals surface area contributed by atoms with Gasteiger partial charge in [-0.15, -0.1) is 0 Å². The lowest BCUT2D eigenvalue weighted by Crippen LogP contribution is -2.32. The topological polar surface area (TPSA) is 46.6 Å². The van der Waals surface area contributed by atoms with Gasteiger partial charge in [-0.05, 0) is 18.1 Å². The van der Waals surface area contributed by atoms with Crippen LogP contribution in [0.3, 0.4) is 0 Å². The van der Waals surface area contributed by atoms with Crippen LogP contribution in [0.25, 0.3) is 0 Å². The van der Waals surface area contributed by atoms with Gasteiger partial charge in [0.05, 0.1) is 6.61 Å². The van der Waals surface area contributed by atoms with Crippen molar-refractivity contribution in [1.82, 2.24) is 0 Å². The molecule has 0 unspecified atom stereocenters. The van der Waals surface area contributed by atoms with Crippen molar-refractivity contribution >= 4 is 17.9 Å². The van der Waals surface area contributed by atoms with Crippen LogP contribution >= 0.6 is 0 Å². The minimum Gasteiger partial charge on any atom is -0.360 e. The standard InChI is InChI=1S/C16H21NO3/c1-12(2)15(9-18)13-8-16(19)17(11-20-10-13)14-6-4-3-5-7-14/h3-7,9,12-13,15H,8,10-11H2,1-2H3/t13-,15-/m0/s1. The summed E-state index contributed by atoms with van der Waals surface area (Å²) >= 11 is 0. The van der Waals surface area contributed by atoms with Gasteiger partial charge < -0.3 is 9.53 Å². The van der Waals surface area contributed by atoms with Gasteiger partial charge in [0.25, 0.3) is 0 Å². The third-order valence-electron chi connectivity index (χ3n) is 3.83. The highest BCUT2D eigenvalue weighted by Crippen LogP contribution is 2.27. The maximum Gasteiger partial charge on any atom is 0.229 e. The predicted molar refractivity (Wildman–Crippen MR) is 77.2 cm³/mol. The SMILES string of the molecule is CC(C)[C@H](C=O)[C@@H]1COCN(c2ccccc2)C(=O)C1. The van der Waals surface area contributed by atoms with Gasteiger partial charge in [-0.3, -0.25) is 9.69 Å². The van der Waals surface area contributed by atoms with Crippen molar-refractivity contribution < 1.29 is 14.3 Å². The number of para-hydroxylation sites is 1. The van der Waals surface area contributed by atoms with E-state index >= 15 is 0 Å². The zero-order valence-corrected chi connectivity index (χ0v) is 12.0. The van der Waals surface area contributed by atoms with E-state index in [1.807, 2.05) is 44.2 Å². The van der Waals surface area contributed by atoms with Gasteiger partial charge in [0, 0.05) is 23.9 Å². The molecule has 0 N–H and O–H groups in total. The van der Waals surface area contributed by atoms with Gasteiger partial charge >= 0.3 is 0 Å². The van der Waals surface area contributed by atoms with Crippen molar-refractivity contribution in [2.75, 3.05) is 18.2 Å². The van der Waals surface area contributed by atoms with Crippen LogP contribution in [0, 0.1) is 17.8 Å². The number of carbonyl (C=O) groups is 2. The van der Waals surface area contributed by atoms with E-state index in [0.717, 1.165) is 12.0 Å². The van der Waals surface area contributed by atoms with Crippen LogP contribution < -0.4 is 4.90 Å². The highest BCUT2D eigenvalue weighted by molar-refractivity contribution is 5.93. The Morgan fingerprint density at radius 3 is 2.60 bits per heavy atom. The molecule has 1 heterocycles. The van der Waals surface area contributed by atoms with Crippen LogP contribution in [0.15, 0.2) is 30.3 Å². The Labute approximate surface area is 119 Å². The van der Waals surface area contributed by atoms with E-state index in [1.165, 1.54) is 0 Å². The number of carbonyl (C=O) groups excluding carboxylic acids is 2. The zero-order valence-electron chi connectivity index (χ0n) is 12.0. The predicted octanol–water partition coefficient (Wildman–Crippen LogP) is 2.48. The van der Waals surface area contributed by atoms with Crippen molar-refractivity contribution in [2.45, 2.75) is 20.3 Å². The minimum absolute atomic E-state index is 0.0196. The molecule has 4 heteroatoms.